The zero-order chi connectivity index (χ0) is 14.7. The van der Waals surface area contributed by atoms with Crippen LogP contribution in [0.2, 0.25) is 0 Å². The number of aromatic hydroxyl groups is 1. The Morgan fingerprint density at radius 2 is 2.20 bits per heavy atom. The molecule has 0 radical (unpaired) electrons. The minimum Gasteiger partial charge on any atom is -0.507 e. The summed E-state index contributed by atoms with van der Waals surface area (Å²) in [5, 5.41) is 26.4. The Morgan fingerprint density at radius 3 is 2.80 bits per heavy atom. The number of phenolic OH excluding ortho intramolecular Hbond substituents is 1. The van der Waals surface area contributed by atoms with Crippen molar-refractivity contribution in [2.75, 3.05) is 0 Å². The average Bonchev–Trinajstić information content (AvgIpc) is 2.78. The van der Waals surface area contributed by atoms with Crippen LogP contribution in [0.25, 0.3) is 6.08 Å². The molecule has 20 heavy (non-hydrogen) atoms. The number of aromatic nitrogens is 2. The van der Waals surface area contributed by atoms with Crippen LogP contribution in [0.15, 0.2) is 37.2 Å². The fraction of sp³-hybridized carbons (Fsp3) is 0.0833. The van der Waals surface area contributed by atoms with Gasteiger partial charge in [0.25, 0.3) is 5.22 Å². The summed E-state index contributed by atoms with van der Waals surface area (Å²) in [6.07, 6.45) is 1.34. The molecule has 2 N–H and O–H groups in total. The number of thioether (sulfide) groups is 1. The summed E-state index contributed by atoms with van der Waals surface area (Å²) in [4.78, 5) is 11.2. The lowest BCUT2D eigenvalue weighted by Gasteiger charge is -2.02. The number of carboxylic acid groups (broad SMARTS) is 1. The number of aliphatic carboxylic acids is 1. The quantitative estimate of drug-likeness (QED) is 0.641. The fourth-order valence-corrected chi connectivity index (χ4v) is 2.41. The highest BCUT2D eigenvalue weighted by atomic mass is 79.9. The molecule has 6 nitrogen and oxygen atoms in total. The molecule has 0 unspecified atom stereocenters. The topological polar surface area (TPSA) is 96.5 Å². The molecule has 104 valence electrons. The molecule has 0 amide bonds. The first-order valence-electron chi connectivity index (χ1n) is 5.37. The third-order valence-corrected chi connectivity index (χ3v) is 3.54. The van der Waals surface area contributed by atoms with Gasteiger partial charge in [-0.25, -0.2) is 4.79 Å². The smallest absolute Gasteiger partial charge is 0.342 e. The summed E-state index contributed by atoms with van der Waals surface area (Å²) >= 11 is 4.08. The van der Waals surface area contributed by atoms with Gasteiger partial charge in [0.05, 0.1) is 0 Å². The van der Waals surface area contributed by atoms with E-state index in [-0.39, 0.29) is 15.9 Å². The van der Waals surface area contributed by atoms with Gasteiger partial charge < -0.3 is 14.6 Å². The summed E-state index contributed by atoms with van der Waals surface area (Å²) < 4.78 is 5.85. The molecule has 0 aliphatic rings. The molecule has 2 rings (SSSR count). The van der Waals surface area contributed by atoms with Crippen LogP contribution in [0, 0.1) is 6.92 Å². The average molecular weight is 357 g/mol. The second-order valence-electron chi connectivity index (χ2n) is 3.71. The van der Waals surface area contributed by atoms with Crippen molar-refractivity contribution in [2.24, 2.45) is 0 Å². The maximum Gasteiger partial charge on any atom is 0.342 e. The van der Waals surface area contributed by atoms with Gasteiger partial charge in [0.1, 0.15) is 10.7 Å². The first kappa shape index (κ1) is 14.6. The number of carbonyl (C=O) groups is 1. The van der Waals surface area contributed by atoms with Crippen LogP contribution in [0.4, 0.5) is 0 Å². The molecular weight excluding hydrogens is 348 g/mol. The van der Waals surface area contributed by atoms with Crippen molar-refractivity contribution in [1.82, 2.24) is 10.2 Å². The minimum absolute atomic E-state index is 0.0192. The second kappa shape index (κ2) is 6.10. The van der Waals surface area contributed by atoms with Gasteiger partial charge in [0, 0.05) is 17.0 Å². The highest BCUT2D eigenvalue weighted by Crippen LogP contribution is 2.30. The Balaban J connectivity index is 2.35. The van der Waals surface area contributed by atoms with Gasteiger partial charge in [-0.1, -0.05) is 15.9 Å². The Labute approximate surface area is 126 Å². The van der Waals surface area contributed by atoms with E-state index in [0.717, 1.165) is 16.2 Å². The van der Waals surface area contributed by atoms with Crippen LogP contribution in [0.5, 0.6) is 5.75 Å². The van der Waals surface area contributed by atoms with E-state index < -0.39 is 5.97 Å². The maximum absolute atomic E-state index is 11.2. The number of phenols is 1. The fourth-order valence-electron chi connectivity index (χ4n) is 1.33. The number of carboxylic acids is 1. The van der Waals surface area contributed by atoms with E-state index in [4.69, 9.17) is 4.42 Å². The highest BCUT2D eigenvalue weighted by molar-refractivity contribution is 9.10. The molecule has 8 heteroatoms. The SMILES string of the molecule is Cc1nnc(S/C(=C\c2cc(Br)ccc2O)C(=O)O)o1. The molecule has 1 aromatic heterocycles. The summed E-state index contributed by atoms with van der Waals surface area (Å²) in [6.45, 7) is 1.61. The third-order valence-electron chi connectivity index (χ3n) is 2.19. The van der Waals surface area contributed by atoms with Crippen LogP contribution < -0.4 is 0 Å². The monoisotopic (exact) mass is 356 g/mol. The molecule has 0 saturated heterocycles. The first-order chi connectivity index (χ1) is 9.45. The van der Waals surface area contributed by atoms with Crippen molar-refractivity contribution < 1.29 is 19.4 Å². The summed E-state index contributed by atoms with van der Waals surface area (Å²) in [7, 11) is 0. The van der Waals surface area contributed by atoms with Crippen molar-refractivity contribution in [3.63, 3.8) is 0 Å². The largest absolute Gasteiger partial charge is 0.507 e. The molecule has 0 fully saturated rings. The van der Waals surface area contributed by atoms with E-state index >= 15 is 0 Å². The molecule has 0 spiro atoms. The summed E-state index contributed by atoms with van der Waals surface area (Å²) in [5.74, 6) is -0.818. The van der Waals surface area contributed by atoms with Crippen molar-refractivity contribution in [3.05, 3.63) is 39.0 Å². The van der Waals surface area contributed by atoms with E-state index in [1.54, 1.807) is 19.1 Å². The first-order valence-corrected chi connectivity index (χ1v) is 6.98. The number of benzene rings is 1. The van der Waals surface area contributed by atoms with Crippen LogP contribution in [-0.4, -0.2) is 26.4 Å². The van der Waals surface area contributed by atoms with E-state index in [2.05, 4.69) is 26.1 Å². The molecule has 1 heterocycles. The number of rotatable bonds is 4. The predicted molar refractivity (Wildman–Crippen MR) is 76.3 cm³/mol. The van der Waals surface area contributed by atoms with Crippen LogP contribution >= 0.6 is 27.7 Å². The lowest BCUT2D eigenvalue weighted by atomic mass is 10.2. The number of nitrogens with zero attached hydrogens (tertiary/aromatic N) is 2. The van der Waals surface area contributed by atoms with Gasteiger partial charge >= 0.3 is 5.97 Å². The number of hydrogen-bond donors (Lipinski definition) is 2. The van der Waals surface area contributed by atoms with Crippen molar-refractivity contribution in [3.8, 4) is 5.75 Å². The zero-order valence-corrected chi connectivity index (χ0v) is 12.6. The van der Waals surface area contributed by atoms with E-state index in [1.807, 2.05) is 0 Å². The lowest BCUT2D eigenvalue weighted by Crippen LogP contribution is -1.97. The maximum atomic E-state index is 11.2. The highest BCUT2D eigenvalue weighted by Gasteiger charge is 2.15. The van der Waals surface area contributed by atoms with Gasteiger partial charge in [-0.05, 0) is 36.0 Å². The molecule has 2 aromatic rings. The Bertz CT molecular complexity index is 684. The minimum atomic E-state index is -1.15. The van der Waals surface area contributed by atoms with Gasteiger partial charge in [-0.2, -0.15) is 0 Å². The van der Waals surface area contributed by atoms with E-state index in [1.165, 1.54) is 12.1 Å². The molecule has 1 aromatic carbocycles. The molecule has 0 aliphatic carbocycles. The number of aryl methyl sites for hydroxylation is 1. The molecule has 0 saturated carbocycles. The Hall–Kier alpha value is -1.80. The van der Waals surface area contributed by atoms with Crippen LogP contribution in [0.1, 0.15) is 11.5 Å². The van der Waals surface area contributed by atoms with Crippen molar-refractivity contribution in [1.29, 1.82) is 0 Å². The lowest BCUT2D eigenvalue weighted by molar-refractivity contribution is -0.131. The van der Waals surface area contributed by atoms with Crippen molar-refractivity contribution >= 4 is 39.7 Å². The zero-order valence-electron chi connectivity index (χ0n) is 10.2. The molecule has 0 atom stereocenters. The van der Waals surface area contributed by atoms with E-state index in [9.17, 15) is 15.0 Å². The van der Waals surface area contributed by atoms with Crippen LogP contribution in [-0.2, 0) is 4.79 Å². The van der Waals surface area contributed by atoms with Gasteiger partial charge in [-0.15, -0.1) is 10.2 Å². The Morgan fingerprint density at radius 1 is 1.45 bits per heavy atom. The predicted octanol–water partition coefficient (Wildman–Crippen LogP) is 3.06. The van der Waals surface area contributed by atoms with Gasteiger partial charge in [0.15, 0.2) is 0 Å². The molecule has 0 aliphatic heterocycles. The summed E-state index contributed by atoms with van der Waals surface area (Å²) in [5.41, 5.74) is 0.375. The van der Waals surface area contributed by atoms with E-state index in [0.29, 0.717) is 11.5 Å². The Kier molecular flexibility index (Phi) is 4.46. The van der Waals surface area contributed by atoms with Gasteiger partial charge in [-0.3, -0.25) is 0 Å². The molecular formula is C12H9BrN2O4S. The normalized spacial score (nSPS) is 11.6. The van der Waals surface area contributed by atoms with Gasteiger partial charge in [0.2, 0.25) is 5.89 Å². The van der Waals surface area contributed by atoms with Crippen molar-refractivity contribution in [2.45, 2.75) is 12.1 Å². The number of halogens is 1. The standard InChI is InChI=1S/C12H9BrN2O4S/c1-6-14-15-12(19-6)20-10(11(17)18)5-7-4-8(13)2-3-9(7)16/h2-5,16H,1H3,(H,17,18)/b10-5-. The number of hydrogen-bond acceptors (Lipinski definition) is 6. The second-order valence-corrected chi connectivity index (χ2v) is 5.61. The molecule has 0 bridgehead atoms. The van der Waals surface area contributed by atoms with Crippen LogP contribution in [0.3, 0.4) is 0 Å². The third kappa shape index (κ3) is 3.61. The summed E-state index contributed by atoms with van der Waals surface area (Å²) in [6, 6.07) is 4.73.